The van der Waals surface area contributed by atoms with Gasteiger partial charge in [-0.3, -0.25) is 0 Å². The Labute approximate surface area is 104 Å². The molecule has 0 heterocycles. The van der Waals surface area contributed by atoms with Crippen LogP contribution < -0.4 is 0 Å². The lowest BCUT2D eigenvalue weighted by Crippen LogP contribution is -1.97. The van der Waals surface area contributed by atoms with Crippen LogP contribution in [0.25, 0.3) is 0 Å². The first-order valence-electron chi connectivity index (χ1n) is 4.65. The van der Waals surface area contributed by atoms with Gasteiger partial charge in [0.25, 0.3) is 0 Å². The fraction of sp³-hybridized carbons (Fsp3) is 0.455. The fourth-order valence-electron chi connectivity index (χ4n) is 1.08. The van der Waals surface area contributed by atoms with Crippen LogP contribution in [0.5, 0.6) is 0 Å². The summed E-state index contributed by atoms with van der Waals surface area (Å²) in [4.78, 5) is 0. The maximum Gasteiger partial charge on any atom is 0.0233 e. The van der Waals surface area contributed by atoms with E-state index >= 15 is 0 Å². The third-order valence-corrected chi connectivity index (χ3v) is 4.27. The van der Waals surface area contributed by atoms with Crippen molar-refractivity contribution in [3.05, 3.63) is 34.3 Å². The summed E-state index contributed by atoms with van der Waals surface area (Å²) in [5.74, 6) is 1.81. The van der Waals surface area contributed by atoms with Crippen LogP contribution in [-0.4, -0.2) is 11.1 Å². The summed E-state index contributed by atoms with van der Waals surface area (Å²) < 4.78 is 1.20. The molecule has 0 radical (unpaired) electrons. The second-order valence-electron chi connectivity index (χ2n) is 3.19. The smallest absolute Gasteiger partial charge is 0.0233 e. The molecule has 0 spiro atoms. The van der Waals surface area contributed by atoms with Crippen LogP contribution in [0.1, 0.15) is 18.9 Å². The van der Waals surface area contributed by atoms with Crippen LogP contribution in [0.3, 0.4) is 0 Å². The zero-order chi connectivity index (χ0) is 10.4. The lowest BCUT2D eigenvalue weighted by molar-refractivity contribution is 0.911. The quantitative estimate of drug-likeness (QED) is 0.709. The first kappa shape index (κ1) is 12.4. The second-order valence-corrected chi connectivity index (χ2v) is 5.85. The van der Waals surface area contributed by atoms with E-state index in [1.165, 1.54) is 10.0 Å². The number of benzene rings is 1. The van der Waals surface area contributed by atoms with E-state index in [-0.39, 0.29) is 0 Å². The highest BCUT2D eigenvalue weighted by atomic mass is 79.9. The molecule has 0 N–H and O–H groups in total. The SMILES string of the molecule is CC(CCCl)SCc1ccccc1Br. The molecular weight excluding hydrogens is 280 g/mol. The highest BCUT2D eigenvalue weighted by Crippen LogP contribution is 2.25. The van der Waals surface area contributed by atoms with E-state index in [2.05, 4.69) is 41.1 Å². The molecule has 0 saturated heterocycles. The molecule has 0 bridgehead atoms. The van der Waals surface area contributed by atoms with Crippen LogP contribution in [-0.2, 0) is 5.75 Å². The van der Waals surface area contributed by atoms with Crippen molar-refractivity contribution in [3.63, 3.8) is 0 Å². The van der Waals surface area contributed by atoms with Crippen LogP contribution in [0, 0.1) is 0 Å². The van der Waals surface area contributed by atoms with Crippen LogP contribution in [0.4, 0.5) is 0 Å². The molecule has 0 fully saturated rings. The van der Waals surface area contributed by atoms with Gasteiger partial charge in [-0.15, -0.1) is 11.6 Å². The molecular formula is C11H14BrClS. The van der Waals surface area contributed by atoms with Crippen LogP contribution in [0.2, 0.25) is 0 Å². The minimum atomic E-state index is 0.639. The predicted octanol–water partition coefficient (Wildman–Crippen LogP) is 4.70. The summed E-state index contributed by atoms with van der Waals surface area (Å²) in [6.07, 6.45) is 1.08. The molecule has 0 aliphatic carbocycles. The molecule has 0 aromatic heterocycles. The Hall–Kier alpha value is 0.340. The first-order chi connectivity index (χ1) is 6.74. The van der Waals surface area contributed by atoms with Crippen molar-refractivity contribution in [1.29, 1.82) is 0 Å². The van der Waals surface area contributed by atoms with Crippen molar-refractivity contribution in [2.24, 2.45) is 0 Å². The van der Waals surface area contributed by atoms with E-state index in [0.29, 0.717) is 5.25 Å². The number of halogens is 2. The third kappa shape index (κ3) is 4.24. The normalized spacial score (nSPS) is 12.8. The lowest BCUT2D eigenvalue weighted by Gasteiger charge is -2.09. The summed E-state index contributed by atoms with van der Waals surface area (Å²) >= 11 is 11.2. The minimum absolute atomic E-state index is 0.639. The number of rotatable bonds is 5. The Bertz CT molecular complexity index is 278. The van der Waals surface area contributed by atoms with Crippen molar-refractivity contribution in [2.75, 3.05) is 5.88 Å². The van der Waals surface area contributed by atoms with Gasteiger partial charge in [0, 0.05) is 21.4 Å². The molecule has 0 nitrogen and oxygen atoms in total. The van der Waals surface area contributed by atoms with E-state index in [4.69, 9.17) is 11.6 Å². The molecule has 0 aliphatic heterocycles. The Morgan fingerprint density at radius 2 is 2.14 bits per heavy atom. The van der Waals surface area contributed by atoms with Gasteiger partial charge in [-0.25, -0.2) is 0 Å². The van der Waals surface area contributed by atoms with Crippen molar-refractivity contribution < 1.29 is 0 Å². The van der Waals surface area contributed by atoms with Gasteiger partial charge in [-0.2, -0.15) is 11.8 Å². The zero-order valence-electron chi connectivity index (χ0n) is 8.17. The maximum atomic E-state index is 5.69. The molecule has 78 valence electrons. The highest BCUT2D eigenvalue weighted by molar-refractivity contribution is 9.10. The van der Waals surface area contributed by atoms with Gasteiger partial charge in [0.2, 0.25) is 0 Å². The molecule has 0 aliphatic rings. The van der Waals surface area contributed by atoms with Gasteiger partial charge < -0.3 is 0 Å². The molecule has 3 heteroatoms. The van der Waals surface area contributed by atoms with E-state index < -0.39 is 0 Å². The number of thioether (sulfide) groups is 1. The first-order valence-corrected chi connectivity index (χ1v) is 7.02. The monoisotopic (exact) mass is 292 g/mol. The van der Waals surface area contributed by atoms with Crippen molar-refractivity contribution in [3.8, 4) is 0 Å². The molecule has 14 heavy (non-hydrogen) atoms. The van der Waals surface area contributed by atoms with Gasteiger partial charge >= 0.3 is 0 Å². The maximum absolute atomic E-state index is 5.69. The average Bonchev–Trinajstić information content (AvgIpc) is 2.17. The van der Waals surface area contributed by atoms with Gasteiger partial charge in [0.15, 0.2) is 0 Å². The number of hydrogen-bond donors (Lipinski definition) is 0. The predicted molar refractivity (Wildman–Crippen MR) is 70.2 cm³/mol. The molecule has 1 aromatic rings. The Morgan fingerprint density at radius 1 is 1.43 bits per heavy atom. The van der Waals surface area contributed by atoms with E-state index in [1.807, 2.05) is 17.8 Å². The topological polar surface area (TPSA) is 0 Å². The van der Waals surface area contributed by atoms with Crippen molar-refractivity contribution >= 4 is 39.3 Å². The Balaban J connectivity index is 2.41. The highest BCUT2D eigenvalue weighted by Gasteiger charge is 2.04. The van der Waals surface area contributed by atoms with E-state index in [9.17, 15) is 0 Å². The van der Waals surface area contributed by atoms with E-state index in [1.54, 1.807) is 0 Å². The summed E-state index contributed by atoms with van der Waals surface area (Å²) in [5.41, 5.74) is 1.36. The van der Waals surface area contributed by atoms with Crippen molar-refractivity contribution in [1.82, 2.24) is 0 Å². The van der Waals surface area contributed by atoms with E-state index in [0.717, 1.165) is 18.1 Å². The molecule has 1 aromatic carbocycles. The standard InChI is InChI=1S/C11H14BrClS/c1-9(6-7-13)14-8-10-4-2-3-5-11(10)12/h2-5,9H,6-8H2,1H3. The van der Waals surface area contributed by atoms with Crippen molar-refractivity contribution in [2.45, 2.75) is 24.3 Å². The number of hydrogen-bond acceptors (Lipinski definition) is 1. The molecule has 0 saturated carbocycles. The molecule has 0 amide bonds. The molecule has 1 atom stereocenters. The summed E-state index contributed by atoms with van der Waals surface area (Å²) in [6, 6.07) is 8.36. The lowest BCUT2D eigenvalue weighted by atomic mass is 10.2. The van der Waals surface area contributed by atoms with Crippen LogP contribution >= 0.6 is 39.3 Å². The van der Waals surface area contributed by atoms with Gasteiger partial charge in [-0.05, 0) is 18.1 Å². The molecule has 1 rings (SSSR count). The summed E-state index contributed by atoms with van der Waals surface area (Å²) in [7, 11) is 0. The average molecular weight is 294 g/mol. The second kappa shape index (κ2) is 6.76. The fourth-order valence-corrected chi connectivity index (χ4v) is 3.15. The van der Waals surface area contributed by atoms with Crippen LogP contribution in [0.15, 0.2) is 28.7 Å². The largest absolute Gasteiger partial charge is 0.154 e. The minimum Gasteiger partial charge on any atom is -0.154 e. The summed E-state index contributed by atoms with van der Waals surface area (Å²) in [6.45, 7) is 2.23. The van der Waals surface area contributed by atoms with Gasteiger partial charge in [-0.1, -0.05) is 41.1 Å². The number of alkyl halides is 1. The van der Waals surface area contributed by atoms with Gasteiger partial charge in [0.05, 0.1) is 0 Å². The molecule has 1 unspecified atom stereocenters. The summed E-state index contributed by atoms with van der Waals surface area (Å²) in [5, 5.41) is 0.639. The third-order valence-electron chi connectivity index (χ3n) is 2.00. The zero-order valence-corrected chi connectivity index (χ0v) is 11.3. The van der Waals surface area contributed by atoms with Gasteiger partial charge in [0.1, 0.15) is 0 Å². The Morgan fingerprint density at radius 3 is 2.79 bits per heavy atom. The Kier molecular flexibility index (Phi) is 5.99.